The van der Waals surface area contributed by atoms with Crippen molar-refractivity contribution in [1.29, 1.82) is 0 Å². The second kappa shape index (κ2) is 10.7. The van der Waals surface area contributed by atoms with E-state index in [0.29, 0.717) is 11.5 Å². The minimum Gasteiger partial charge on any atom is -0.478 e. The van der Waals surface area contributed by atoms with Gasteiger partial charge in [0.15, 0.2) is 0 Å². The van der Waals surface area contributed by atoms with E-state index in [-0.39, 0.29) is 11.7 Å². The van der Waals surface area contributed by atoms with E-state index >= 15 is 0 Å². The molecule has 2 aliphatic rings. The van der Waals surface area contributed by atoms with Crippen molar-refractivity contribution in [2.45, 2.75) is 56.4 Å². The van der Waals surface area contributed by atoms with E-state index in [2.05, 4.69) is 20.9 Å². The molecule has 0 atom stereocenters. The van der Waals surface area contributed by atoms with Gasteiger partial charge in [-0.1, -0.05) is 25.0 Å². The Kier molecular flexibility index (Phi) is 6.83. The molecule has 2 N–H and O–H groups in total. The first-order valence-electron chi connectivity index (χ1n) is 15.2. The second-order valence-corrected chi connectivity index (χ2v) is 12.2. The molecule has 1 amide bonds. The number of benzene rings is 2. The van der Waals surface area contributed by atoms with Crippen molar-refractivity contribution in [2.24, 2.45) is 14.1 Å². The number of carbonyl (C=O) groups is 2. The van der Waals surface area contributed by atoms with Gasteiger partial charge in [-0.3, -0.25) is 9.78 Å². The summed E-state index contributed by atoms with van der Waals surface area (Å²) in [7, 11) is 3.93. The second-order valence-electron chi connectivity index (χ2n) is 12.2. The Bertz CT molecular complexity index is 1960. The molecule has 0 saturated heterocycles. The fraction of sp³-hybridized carbons (Fsp3) is 0.314. The van der Waals surface area contributed by atoms with Crippen molar-refractivity contribution in [3.05, 3.63) is 89.1 Å². The Morgan fingerprint density at radius 3 is 2.48 bits per heavy atom. The SMILES string of the molecule is Cn1c(C2(NC(=O)c3ccc4c(C5CCCC5)c(-c5ccc(F)cn5)n(C)c4c3)CCC2)nc2ccc(/C=C/C(=O)O)cc21. The van der Waals surface area contributed by atoms with Gasteiger partial charge in [0.1, 0.15) is 11.6 Å². The highest BCUT2D eigenvalue weighted by atomic mass is 19.1. The summed E-state index contributed by atoms with van der Waals surface area (Å²) >= 11 is 0. The van der Waals surface area contributed by atoms with Gasteiger partial charge >= 0.3 is 5.97 Å². The van der Waals surface area contributed by atoms with Crippen molar-refractivity contribution < 1.29 is 19.1 Å². The molecule has 44 heavy (non-hydrogen) atoms. The predicted octanol–water partition coefficient (Wildman–Crippen LogP) is 6.83. The molecule has 8 nitrogen and oxygen atoms in total. The number of carboxylic acids is 1. The number of carbonyl (C=O) groups excluding carboxylic acids is 1. The molecule has 2 aromatic carbocycles. The van der Waals surface area contributed by atoms with Crippen LogP contribution in [0.3, 0.4) is 0 Å². The number of rotatable bonds is 7. The van der Waals surface area contributed by atoms with Gasteiger partial charge in [0.05, 0.1) is 34.2 Å². The van der Waals surface area contributed by atoms with Crippen LogP contribution in [0.1, 0.15) is 78.2 Å². The molecule has 224 valence electrons. The van der Waals surface area contributed by atoms with Gasteiger partial charge in [-0.05, 0) is 91.6 Å². The minimum absolute atomic E-state index is 0.159. The quantitative estimate of drug-likeness (QED) is 0.202. The number of fused-ring (bicyclic) bond motifs is 2. The van der Waals surface area contributed by atoms with Gasteiger partial charge in [-0.25, -0.2) is 14.2 Å². The van der Waals surface area contributed by atoms with Gasteiger partial charge in [0.25, 0.3) is 5.91 Å². The van der Waals surface area contributed by atoms with Gasteiger partial charge in [0.2, 0.25) is 0 Å². The molecular weight excluding hydrogens is 557 g/mol. The molecule has 5 aromatic rings. The number of aryl methyl sites for hydroxylation is 2. The Hall–Kier alpha value is -4.79. The fourth-order valence-electron chi connectivity index (χ4n) is 7.19. The van der Waals surface area contributed by atoms with Crippen molar-refractivity contribution in [1.82, 2.24) is 24.4 Å². The van der Waals surface area contributed by atoms with Crippen LogP contribution in [0.5, 0.6) is 0 Å². The fourth-order valence-corrected chi connectivity index (χ4v) is 7.19. The first-order valence-corrected chi connectivity index (χ1v) is 15.2. The molecule has 2 fully saturated rings. The summed E-state index contributed by atoms with van der Waals surface area (Å²) in [5.41, 5.74) is 6.31. The molecule has 0 unspecified atom stereocenters. The highest BCUT2D eigenvalue weighted by molar-refractivity contribution is 6.01. The number of aliphatic carboxylic acids is 1. The average molecular weight is 592 g/mol. The minimum atomic E-state index is -1.00. The summed E-state index contributed by atoms with van der Waals surface area (Å²) in [4.78, 5) is 34.2. The van der Waals surface area contributed by atoms with E-state index in [1.165, 1.54) is 30.7 Å². The van der Waals surface area contributed by atoms with Crippen LogP contribution in [0.15, 0.2) is 60.8 Å². The molecule has 0 aliphatic heterocycles. The average Bonchev–Trinajstić information content (AvgIpc) is 3.71. The van der Waals surface area contributed by atoms with Crippen LogP contribution in [0, 0.1) is 5.82 Å². The number of nitrogens with zero attached hydrogens (tertiary/aromatic N) is 4. The van der Waals surface area contributed by atoms with E-state index in [9.17, 15) is 14.0 Å². The van der Waals surface area contributed by atoms with E-state index in [1.807, 2.05) is 49.0 Å². The van der Waals surface area contributed by atoms with Gasteiger partial charge in [-0.2, -0.15) is 0 Å². The van der Waals surface area contributed by atoms with Crippen LogP contribution in [-0.2, 0) is 24.4 Å². The normalized spacial score (nSPS) is 16.6. The van der Waals surface area contributed by atoms with Crippen molar-refractivity contribution in [2.75, 3.05) is 0 Å². The smallest absolute Gasteiger partial charge is 0.328 e. The maximum atomic E-state index is 13.9. The lowest BCUT2D eigenvalue weighted by Crippen LogP contribution is -2.52. The topological polar surface area (TPSA) is 102 Å². The van der Waals surface area contributed by atoms with Gasteiger partial charge in [0, 0.05) is 36.6 Å². The molecule has 7 rings (SSSR count). The first-order chi connectivity index (χ1) is 21.2. The summed E-state index contributed by atoms with van der Waals surface area (Å²) in [5.74, 6) is -0.335. The largest absolute Gasteiger partial charge is 0.478 e. The maximum Gasteiger partial charge on any atom is 0.328 e. The van der Waals surface area contributed by atoms with Crippen LogP contribution in [0.4, 0.5) is 4.39 Å². The van der Waals surface area contributed by atoms with Crippen LogP contribution >= 0.6 is 0 Å². The summed E-state index contributed by atoms with van der Waals surface area (Å²) in [5, 5.41) is 13.5. The molecule has 9 heteroatoms. The van der Waals surface area contributed by atoms with Gasteiger partial charge < -0.3 is 19.6 Å². The van der Waals surface area contributed by atoms with Crippen LogP contribution in [0.25, 0.3) is 39.4 Å². The number of amides is 1. The maximum absolute atomic E-state index is 13.9. The third-order valence-corrected chi connectivity index (χ3v) is 9.55. The van der Waals surface area contributed by atoms with Crippen molar-refractivity contribution >= 4 is 39.9 Å². The van der Waals surface area contributed by atoms with E-state index in [0.717, 1.165) is 82.9 Å². The van der Waals surface area contributed by atoms with Crippen LogP contribution in [0.2, 0.25) is 0 Å². The lowest BCUT2D eigenvalue weighted by Gasteiger charge is -2.41. The number of hydrogen-bond donors (Lipinski definition) is 2. The number of hydrogen-bond acceptors (Lipinski definition) is 4. The molecule has 2 aliphatic carbocycles. The molecule has 3 heterocycles. The van der Waals surface area contributed by atoms with Crippen LogP contribution in [-0.4, -0.2) is 36.1 Å². The highest BCUT2D eigenvalue weighted by Crippen LogP contribution is 2.45. The zero-order chi connectivity index (χ0) is 30.6. The lowest BCUT2D eigenvalue weighted by molar-refractivity contribution is -0.131. The highest BCUT2D eigenvalue weighted by Gasteiger charge is 2.44. The number of nitrogens with one attached hydrogen (secondary N) is 1. The summed E-state index contributed by atoms with van der Waals surface area (Å²) in [6.45, 7) is 0. The Labute approximate surface area is 254 Å². The summed E-state index contributed by atoms with van der Waals surface area (Å²) in [6.07, 6.45) is 11.0. The van der Waals surface area contributed by atoms with E-state index in [1.54, 1.807) is 12.1 Å². The van der Waals surface area contributed by atoms with E-state index in [4.69, 9.17) is 10.1 Å². The third-order valence-electron chi connectivity index (χ3n) is 9.55. The molecule has 0 spiro atoms. The molecular formula is C35H34FN5O3. The van der Waals surface area contributed by atoms with Crippen molar-refractivity contribution in [3.8, 4) is 11.4 Å². The third kappa shape index (κ3) is 4.67. The Morgan fingerprint density at radius 1 is 1.00 bits per heavy atom. The number of aromatic nitrogens is 4. The lowest BCUT2D eigenvalue weighted by atomic mass is 9.75. The zero-order valence-corrected chi connectivity index (χ0v) is 24.8. The Balaban J connectivity index is 1.24. The monoisotopic (exact) mass is 591 g/mol. The number of pyridine rings is 1. The Morgan fingerprint density at radius 2 is 1.80 bits per heavy atom. The standard InChI is InChI=1S/C35H34FN5O3/c1-40-28-19-23(10-12-25(28)31(22-6-3-4-7-22)32(40)27-14-11-24(36)20-37-27)33(44)39-35(16-5-17-35)34-38-26-13-8-21(9-15-30(42)43)18-29(26)41(34)2/h8-15,18-20,22H,3-7,16-17H2,1-2H3,(H,39,44)(H,42,43)/b15-9+. The zero-order valence-electron chi connectivity index (χ0n) is 24.8. The predicted molar refractivity (Wildman–Crippen MR) is 168 cm³/mol. The molecule has 0 radical (unpaired) electrons. The van der Waals surface area contributed by atoms with E-state index < -0.39 is 11.5 Å². The number of carboxylic acid groups (broad SMARTS) is 1. The number of imidazole rings is 1. The van der Waals surface area contributed by atoms with Gasteiger partial charge in [-0.15, -0.1) is 0 Å². The molecule has 2 saturated carbocycles. The summed E-state index contributed by atoms with van der Waals surface area (Å²) < 4.78 is 17.9. The first kappa shape index (κ1) is 28.0. The van der Waals surface area contributed by atoms with Crippen molar-refractivity contribution in [3.63, 3.8) is 0 Å². The molecule has 3 aromatic heterocycles. The molecule has 0 bridgehead atoms. The van der Waals surface area contributed by atoms with Crippen LogP contribution < -0.4 is 5.32 Å². The summed E-state index contributed by atoms with van der Waals surface area (Å²) in [6, 6.07) is 14.7. The number of halogens is 1.